The third-order valence-electron chi connectivity index (χ3n) is 4.35. The van der Waals surface area contributed by atoms with E-state index in [4.69, 9.17) is 4.74 Å². The second-order valence-corrected chi connectivity index (χ2v) is 7.33. The maximum atomic E-state index is 13.7. The molecule has 0 aliphatic rings. The first kappa shape index (κ1) is 21.8. The van der Waals surface area contributed by atoms with Crippen molar-refractivity contribution >= 4 is 23.4 Å². The number of amides is 1. The van der Waals surface area contributed by atoms with E-state index in [0.29, 0.717) is 17.5 Å². The highest BCUT2D eigenvalue weighted by atomic mass is 32.2. The molecule has 30 heavy (non-hydrogen) atoms. The molecule has 158 valence electrons. The zero-order valence-electron chi connectivity index (χ0n) is 16.7. The molecule has 0 radical (unpaired) electrons. The molecule has 3 rings (SSSR count). The first-order valence-electron chi connectivity index (χ1n) is 9.51. The van der Waals surface area contributed by atoms with Gasteiger partial charge in [0, 0.05) is 12.6 Å². The van der Waals surface area contributed by atoms with Gasteiger partial charge in [0.25, 0.3) is 0 Å². The molecule has 3 aromatic rings. The standard InChI is InChI=1S/C21H22F2N4O2S/c1-3-14-5-8-16(9-6-14)29-12-19-25-26-21(27(19)4-2)30-13-20(28)24-18-10-7-15(22)11-17(18)23/h5-11H,3-4,12-13H2,1-2H3,(H,24,28). The molecule has 2 aromatic carbocycles. The molecule has 1 N–H and O–H groups in total. The van der Waals surface area contributed by atoms with Crippen LogP contribution in [-0.4, -0.2) is 26.4 Å². The Kier molecular flexibility index (Phi) is 7.40. The molecule has 0 aliphatic carbocycles. The van der Waals surface area contributed by atoms with Crippen LogP contribution in [0.4, 0.5) is 14.5 Å². The van der Waals surface area contributed by atoms with E-state index in [1.54, 1.807) is 0 Å². The first-order chi connectivity index (χ1) is 14.5. The number of nitrogens with one attached hydrogen (secondary N) is 1. The molecule has 0 spiro atoms. The first-order valence-corrected chi connectivity index (χ1v) is 10.5. The normalized spacial score (nSPS) is 10.8. The maximum Gasteiger partial charge on any atom is 0.234 e. The van der Waals surface area contributed by atoms with Crippen molar-refractivity contribution in [2.45, 2.75) is 38.6 Å². The van der Waals surface area contributed by atoms with E-state index < -0.39 is 17.5 Å². The number of aromatic nitrogens is 3. The topological polar surface area (TPSA) is 69.0 Å². The quantitative estimate of drug-likeness (QED) is 0.506. The van der Waals surface area contributed by atoms with Gasteiger partial charge >= 0.3 is 0 Å². The van der Waals surface area contributed by atoms with Crippen LogP contribution in [0, 0.1) is 11.6 Å². The summed E-state index contributed by atoms with van der Waals surface area (Å²) in [5, 5.41) is 11.3. The second kappa shape index (κ2) is 10.2. The zero-order valence-corrected chi connectivity index (χ0v) is 17.5. The molecule has 0 fully saturated rings. The van der Waals surface area contributed by atoms with Gasteiger partial charge in [-0.1, -0.05) is 30.8 Å². The minimum atomic E-state index is -0.823. The summed E-state index contributed by atoms with van der Waals surface area (Å²) in [5.74, 6) is -0.556. The van der Waals surface area contributed by atoms with Gasteiger partial charge in [-0.3, -0.25) is 4.79 Å². The van der Waals surface area contributed by atoms with Gasteiger partial charge in [0.15, 0.2) is 11.0 Å². The van der Waals surface area contributed by atoms with Crippen LogP contribution in [0.15, 0.2) is 47.6 Å². The molecule has 0 atom stereocenters. The largest absolute Gasteiger partial charge is 0.486 e. The van der Waals surface area contributed by atoms with Gasteiger partial charge in [0.05, 0.1) is 11.4 Å². The number of halogens is 2. The van der Waals surface area contributed by atoms with Gasteiger partial charge in [-0.2, -0.15) is 0 Å². The summed E-state index contributed by atoms with van der Waals surface area (Å²) in [6.45, 7) is 4.90. The fourth-order valence-electron chi connectivity index (χ4n) is 2.73. The van der Waals surface area contributed by atoms with Crippen LogP contribution < -0.4 is 10.1 Å². The van der Waals surface area contributed by atoms with Crippen molar-refractivity contribution in [3.05, 3.63) is 65.5 Å². The lowest BCUT2D eigenvalue weighted by atomic mass is 10.2. The van der Waals surface area contributed by atoms with Crippen LogP contribution in [0.2, 0.25) is 0 Å². The Balaban J connectivity index is 1.57. The van der Waals surface area contributed by atoms with Crippen molar-refractivity contribution in [1.82, 2.24) is 14.8 Å². The van der Waals surface area contributed by atoms with Crippen molar-refractivity contribution in [3.8, 4) is 5.75 Å². The maximum absolute atomic E-state index is 13.7. The minimum absolute atomic E-state index is 0.00822. The van der Waals surface area contributed by atoms with E-state index in [1.807, 2.05) is 35.8 Å². The van der Waals surface area contributed by atoms with E-state index in [-0.39, 0.29) is 18.0 Å². The van der Waals surface area contributed by atoms with Gasteiger partial charge in [0.1, 0.15) is 24.0 Å². The lowest BCUT2D eigenvalue weighted by Crippen LogP contribution is -2.16. The summed E-state index contributed by atoms with van der Waals surface area (Å²) >= 11 is 1.18. The summed E-state index contributed by atoms with van der Waals surface area (Å²) in [6, 6.07) is 10.9. The van der Waals surface area contributed by atoms with Gasteiger partial charge in [0.2, 0.25) is 5.91 Å². The molecule has 0 saturated heterocycles. The van der Waals surface area contributed by atoms with Crippen molar-refractivity contribution in [1.29, 1.82) is 0 Å². The highest BCUT2D eigenvalue weighted by Crippen LogP contribution is 2.20. The van der Waals surface area contributed by atoms with E-state index in [0.717, 1.165) is 24.3 Å². The number of nitrogens with zero attached hydrogens (tertiary/aromatic N) is 3. The average Bonchev–Trinajstić information content (AvgIpc) is 3.15. The SMILES string of the molecule is CCc1ccc(OCc2nnc(SCC(=O)Nc3ccc(F)cc3F)n2CC)cc1. The van der Waals surface area contributed by atoms with Crippen molar-refractivity contribution in [3.63, 3.8) is 0 Å². The highest BCUT2D eigenvalue weighted by Gasteiger charge is 2.15. The molecule has 9 heteroatoms. The molecule has 0 bridgehead atoms. The van der Waals surface area contributed by atoms with Crippen LogP contribution >= 0.6 is 11.8 Å². The van der Waals surface area contributed by atoms with Crippen LogP contribution in [0.3, 0.4) is 0 Å². The molecule has 1 aromatic heterocycles. The summed E-state index contributed by atoms with van der Waals surface area (Å²) in [6.07, 6.45) is 0.965. The van der Waals surface area contributed by atoms with Crippen LogP contribution in [0.1, 0.15) is 25.2 Å². The van der Waals surface area contributed by atoms with E-state index in [9.17, 15) is 13.6 Å². The number of carbonyl (C=O) groups is 1. The van der Waals surface area contributed by atoms with Crippen LogP contribution in [0.25, 0.3) is 0 Å². The zero-order chi connectivity index (χ0) is 21.5. The Morgan fingerprint density at radius 2 is 1.90 bits per heavy atom. The number of aryl methyl sites for hydroxylation is 1. The van der Waals surface area contributed by atoms with Crippen molar-refractivity contribution in [2.24, 2.45) is 0 Å². The Morgan fingerprint density at radius 1 is 1.13 bits per heavy atom. The molecular formula is C21H22F2N4O2S. The molecule has 1 heterocycles. The van der Waals surface area contributed by atoms with Crippen LogP contribution in [-0.2, 0) is 24.4 Å². The Labute approximate surface area is 177 Å². The smallest absolute Gasteiger partial charge is 0.234 e. The van der Waals surface area contributed by atoms with Crippen molar-refractivity contribution < 1.29 is 18.3 Å². The van der Waals surface area contributed by atoms with Gasteiger partial charge in [-0.05, 0) is 43.2 Å². The molecule has 0 aliphatic heterocycles. The fraction of sp³-hybridized carbons (Fsp3) is 0.286. The molecule has 6 nitrogen and oxygen atoms in total. The number of ether oxygens (including phenoxy) is 1. The Bertz CT molecular complexity index is 1010. The Hall–Kier alpha value is -2.94. The van der Waals surface area contributed by atoms with E-state index in [2.05, 4.69) is 22.4 Å². The molecule has 0 unspecified atom stereocenters. The summed E-state index contributed by atoms with van der Waals surface area (Å²) in [7, 11) is 0. The molecular weight excluding hydrogens is 410 g/mol. The number of hydrogen-bond acceptors (Lipinski definition) is 5. The number of benzene rings is 2. The number of carbonyl (C=O) groups excluding carboxylic acids is 1. The minimum Gasteiger partial charge on any atom is -0.486 e. The summed E-state index contributed by atoms with van der Waals surface area (Å²) in [5.41, 5.74) is 1.17. The second-order valence-electron chi connectivity index (χ2n) is 6.39. The molecule has 0 saturated carbocycles. The number of hydrogen-bond donors (Lipinski definition) is 1. The third-order valence-corrected chi connectivity index (χ3v) is 5.31. The number of thioether (sulfide) groups is 1. The summed E-state index contributed by atoms with van der Waals surface area (Å²) in [4.78, 5) is 12.1. The van der Waals surface area contributed by atoms with Gasteiger partial charge < -0.3 is 14.6 Å². The molecule has 1 amide bonds. The lowest BCUT2D eigenvalue weighted by molar-refractivity contribution is -0.113. The average molecular weight is 432 g/mol. The Morgan fingerprint density at radius 3 is 2.57 bits per heavy atom. The van der Waals surface area contributed by atoms with E-state index >= 15 is 0 Å². The van der Waals surface area contributed by atoms with Crippen LogP contribution in [0.5, 0.6) is 5.75 Å². The third kappa shape index (κ3) is 5.56. The summed E-state index contributed by atoms with van der Waals surface area (Å²) < 4.78 is 34.3. The lowest BCUT2D eigenvalue weighted by Gasteiger charge is -2.09. The number of rotatable bonds is 9. The predicted octanol–water partition coefficient (Wildman–Crippen LogP) is 4.45. The van der Waals surface area contributed by atoms with Gasteiger partial charge in [-0.25, -0.2) is 8.78 Å². The van der Waals surface area contributed by atoms with E-state index in [1.165, 1.54) is 23.4 Å². The fourth-order valence-corrected chi connectivity index (χ4v) is 3.55. The monoisotopic (exact) mass is 432 g/mol. The predicted molar refractivity (Wildman–Crippen MR) is 112 cm³/mol. The highest BCUT2D eigenvalue weighted by molar-refractivity contribution is 7.99. The van der Waals surface area contributed by atoms with Gasteiger partial charge in [-0.15, -0.1) is 10.2 Å². The van der Waals surface area contributed by atoms with Crippen molar-refractivity contribution in [2.75, 3.05) is 11.1 Å². The number of anilines is 1.